The van der Waals surface area contributed by atoms with Crippen LogP contribution in [-0.4, -0.2) is 51.7 Å². The molecule has 0 saturated carbocycles. The van der Waals surface area contributed by atoms with E-state index in [4.69, 9.17) is 33.4 Å². The highest BCUT2D eigenvalue weighted by Crippen LogP contribution is 2.36. The summed E-state index contributed by atoms with van der Waals surface area (Å²) in [5, 5.41) is 0.386. The van der Waals surface area contributed by atoms with Crippen molar-refractivity contribution in [3.05, 3.63) is 70.3 Å². The smallest absolute Gasteiger partial charge is 0.266 e. The molecular weight excluding hydrogens is 488 g/mol. The van der Waals surface area contributed by atoms with Crippen LogP contribution in [0.25, 0.3) is 28.7 Å². The molecule has 4 aromatic rings. The first kappa shape index (κ1) is 26.4. The molecule has 38 heavy (non-hydrogen) atoms. The van der Waals surface area contributed by atoms with E-state index in [1.54, 1.807) is 57.7 Å². The maximum Gasteiger partial charge on any atom is 0.266 e. The van der Waals surface area contributed by atoms with Crippen molar-refractivity contribution in [3.63, 3.8) is 0 Å². The van der Waals surface area contributed by atoms with Gasteiger partial charge in [-0.05, 0) is 55.5 Å². The van der Waals surface area contributed by atoms with Crippen molar-refractivity contribution in [1.82, 2.24) is 9.55 Å². The van der Waals surface area contributed by atoms with Crippen molar-refractivity contribution in [2.45, 2.75) is 6.92 Å². The molecule has 198 valence electrons. The van der Waals surface area contributed by atoms with Crippen molar-refractivity contribution < 1.29 is 28.4 Å². The average Bonchev–Trinajstić information content (AvgIpc) is 2.95. The lowest BCUT2D eigenvalue weighted by molar-refractivity contribution is 0.340. The van der Waals surface area contributed by atoms with Gasteiger partial charge in [-0.2, -0.15) is 0 Å². The molecule has 9 heteroatoms. The Morgan fingerprint density at radius 3 is 1.92 bits per heavy atom. The highest BCUT2D eigenvalue weighted by Gasteiger charge is 2.16. The molecule has 0 radical (unpaired) electrons. The molecule has 0 atom stereocenters. The van der Waals surface area contributed by atoms with E-state index in [1.165, 1.54) is 18.8 Å². The number of ether oxygens (including phenoxy) is 6. The molecule has 1 heterocycles. The zero-order valence-corrected chi connectivity index (χ0v) is 22.2. The summed E-state index contributed by atoms with van der Waals surface area (Å²) < 4.78 is 34.4. The minimum absolute atomic E-state index is 0.265. The third kappa shape index (κ3) is 5.08. The summed E-state index contributed by atoms with van der Waals surface area (Å²) in [6.45, 7) is 2.46. The van der Waals surface area contributed by atoms with Crippen molar-refractivity contribution >= 4 is 23.1 Å². The molecule has 0 fully saturated rings. The fourth-order valence-electron chi connectivity index (χ4n) is 4.10. The second-order valence-electron chi connectivity index (χ2n) is 8.04. The van der Waals surface area contributed by atoms with E-state index < -0.39 is 0 Å². The molecule has 0 spiro atoms. The Kier molecular flexibility index (Phi) is 8.06. The van der Waals surface area contributed by atoms with Gasteiger partial charge in [-0.3, -0.25) is 9.36 Å². The normalized spacial score (nSPS) is 11.0. The summed E-state index contributed by atoms with van der Waals surface area (Å²) >= 11 is 0. The van der Waals surface area contributed by atoms with Gasteiger partial charge < -0.3 is 28.4 Å². The fourth-order valence-corrected chi connectivity index (χ4v) is 4.10. The summed E-state index contributed by atoms with van der Waals surface area (Å²) in [7, 11) is 7.76. The molecule has 0 aliphatic carbocycles. The van der Waals surface area contributed by atoms with Crippen molar-refractivity contribution in [2.75, 3.05) is 42.2 Å². The summed E-state index contributed by atoms with van der Waals surface area (Å²) in [4.78, 5) is 18.7. The van der Waals surface area contributed by atoms with E-state index in [2.05, 4.69) is 0 Å². The Morgan fingerprint density at radius 2 is 1.32 bits per heavy atom. The summed E-state index contributed by atoms with van der Waals surface area (Å²) in [6, 6.07) is 14.1. The van der Waals surface area contributed by atoms with Crippen LogP contribution >= 0.6 is 0 Å². The van der Waals surface area contributed by atoms with Gasteiger partial charge in [0.1, 0.15) is 17.3 Å². The molecule has 9 nitrogen and oxygen atoms in total. The van der Waals surface area contributed by atoms with Crippen molar-refractivity contribution in [3.8, 4) is 40.2 Å². The fraction of sp³-hybridized carbons (Fsp3) is 0.241. The van der Waals surface area contributed by atoms with Crippen LogP contribution in [0, 0.1) is 0 Å². The highest BCUT2D eigenvalue weighted by molar-refractivity contribution is 5.84. The van der Waals surface area contributed by atoms with Crippen molar-refractivity contribution in [2.24, 2.45) is 0 Å². The van der Waals surface area contributed by atoms with Gasteiger partial charge in [0.25, 0.3) is 5.56 Å². The zero-order chi connectivity index (χ0) is 27.2. The molecule has 0 bridgehead atoms. The number of rotatable bonds is 10. The number of hydrogen-bond acceptors (Lipinski definition) is 8. The van der Waals surface area contributed by atoms with E-state index >= 15 is 0 Å². The van der Waals surface area contributed by atoms with Gasteiger partial charge in [-0.15, -0.1) is 0 Å². The lowest BCUT2D eigenvalue weighted by Gasteiger charge is -2.15. The molecule has 0 unspecified atom stereocenters. The Morgan fingerprint density at radius 1 is 0.737 bits per heavy atom. The predicted octanol–water partition coefficient (Wildman–Crippen LogP) is 5.00. The Labute approximate surface area is 220 Å². The highest BCUT2D eigenvalue weighted by atomic mass is 16.5. The monoisotopic (exact) mass is 518 g/mol. The minimum Gasteiger partial charge on any atom is -0.496 e. The Hall–Kier alpha value is -4.66. The van der Waals surface area contributed by atoms with Gasteiger partial charge in [0.2, 0.25) is 0 Å². The molecule has 1 aromatic heterocycles. The first-order valence-corrected chi connectivity index (χ1v) is 11.9. The molecular formula is C29H30N2O7. The molecule has 0 saturated heterocycles. The van der Waals surface area contributed by atoms with E-state index in [0.717, 1.165) is 0 Å². The van der Waals surface area contributed by atoms with Crippen LogP contribution in [0.5, 0.6) is 34.5 Å². The Balaban J connectivity index is 1.95. The first-order valence-electron chi connectivity index (χ1n) is 11.9. The Bertz CT molecular complexity index is 1530. The third-order valence-electron chi connectivity index (χ3n) is 5.95. The maximum atomic E-state index is 13.8. The molecule has 0 amide bonds. The lowest BCUT2D eigenvalue weighted by atomic mass is 10.1. The van der Waals surface area contributed by atoms with E-state index in [9.17, 15) is 4.79 Å². The van der Waals surface area contributed by atoms with Gasteiger partial charge in [0.05, 0.1) is 58.7 Å². The number of methoxy groups -OCH3 is 5. The SMILES string of the molecule is CCOc1ccc(-n2c(/C=C/c3cc(OC)c(OC)cc3OC)nc3cc(OC)c(OC)cc3c2=O)cc1. The van der Waals surface area contributed by atoms with Crippen LogP contribution in [-0.2, 0) is 0 Å². The molecule has 4 rings (SSSR count). The van der Waals surface area contributed by atoms with Gasteiger partial charge in [-0.1, -0.05) is 0 Å². The molecule has 0 aliphatic heterocycles. The lowest BCUT2D eigenvalue weighted by Crippen LogP contribution is -2.22. The van der Waals surface area contributed by atoms with Gasteiger partial charge in [0.15, 0.2) is 23.0 Å². The van der Waals surface area contributed by atoms with Crippen LogP contribution in [0.15, 0.2) is 53.3 Å². The maximum absolute atomic E-state index is 13.8. The van der Waals surface area contributed by atoms with Gasteiger partial charge in [0, 0.05) is 17.7 Å². The minimum atomic E-state index is -0.265. The number of fused-ring (bicyclic) bond motifs is 1. The van der Waals surface area contributed by atoms with Crippen LogP contribution < -0.4 is 34.0 Å². The molecule has 0 aliphatic rings. The summed E-state index contributed by atoms with van der Waals surface area (Å²) in [6.07, 6.45) is 3.55. The second kappa shape index (κ2) is 11.6. The standard InChI is InChI=1S/C29H30N2O7/c1-7-38-20-11-9-19(10-12-20)31-28(13-8-18-14-24(34-3)27(37-6)17-23(18)33-2)30-22-16-26(36-5)25(35-4)15-21(22)29(31)32/h8-17H,7H2,1-6H3/b13-8+. The van der Waals surface area contributed by atoms with Gasteiger partial charge >= 0.3 is 0 Å². The second-order valence-corrected chi connectivity index (χ2v) is 8.04. The predicted molar refractivity (Wildman–Crippen MR) is 147 cm³/mol. The van der Waals surface area contributed by atoms with E-state index in [0.29, 0.717) is 69.1 Å². The number of nitrogens with zero attached hydrogens (tertiary/aromatic N) is 2. The third-order valence-corrected chi connectivity index (χ3v) is 5.95. The van der Waals surface area contributed by atoms with Crippen LogP contribution in [0.2, 0.25) is 0 Å². The molecule has 3 aromatic carbocycles. The summed E-state index contributed by atoms with van der Waals surface area (Å²) in [5.41, 5.74) is 1.54. The topological polar surface area (TPSA) is 90.3 Å². The van der Waals surface area contributed by atoms with Crippen LogP contribution in [0.3, 0.4) is 0 Å². The molecule has 0 N–H and O–H groups in total. The zero-order valence-electron chi connectivity index (χ0n) is 22.2. The van der Waals surface area contributed by atoms with Crippen LogP contribution in [0.4, 0.5) is 0 Å². The first-order chi connectivity index (χ1) is 18.5. The van der Waals surface area contributed by atoms with Crippen molar-refractivity contribution in [1.29, 1.82) is 0 Å². The van der Waals surface area contributed by atoms with Crippen LogP contribution in [0.1, 0.15) is 18.3 Å². The number of hydrogen-bond donors (Lipinski definition) is 0. The quantitative estimate of drug-likeness (QED) is 0.290. The summed E-state index contributed by atoms with van der Waals surface area (Å²) in [5.74, 6) is 3.67. The number of aromatic nitrogens is 2. The largest absolute Gasteiger partial charge is 0.496 e. The van der Waals surface area contributed by atoms with E-state index in [1.807, 2.05) is 31.2 Å². The number of benzene rings is 3. The van der Waals surface area contributed by atoms with E-state index in [-0.39, 0.29) is 5.56 Å². The van der Waals surface area contributed by atoms with Gasteiger partial charge in [-0.25, -0.2) is 4.98 Å². The average molecular weight is 519 g/mol.